The second-order valence-corrected chi connectivity index (χ2v) is 7.18. The van der Waals surface area contributed by atoms with Gasteiger partial charge in [-0.25, -0.2) is 4.79 Å². The molecule has 5 heteroatoms. The van der Waals surface area contributed by atoms with Crippen LogP contribution in [-0.2, 0) is 10.6 Å². The molecule has 23 heavy (non-hydrogen) atoms. The Morgan fingerprint density at radius 3 is 3.00 bits per heavy atom. The topological polar surface area (TPSA) is 35.5 Å². The molecule has 1 aromatic carbocycles. The van der Waals surface area contributed by atoms with Crippen LogP contribution in [0.5, 0.6) is 5.75 Å². The Hall–Kier alpha value is -1.49. The van der Waals surface area contributed by atoms with Crippen molar-refractivity contribution in [2.24, 2.45) is 17.8 Å². The number of halogens is 1. The monoisotopic (exact) mass is 334 g/mol. The molecule has 0 aromatic heterocycles. The lowest BCUT2D eigenvalue weighted by Crippen LogP contribution is -2.34. The first-order valence-corrected chi connectivity index (χ1v) is 8.89. The smallest absolute Gasteiger partial charge is 0.391 e. The minimum absolute atomic E-state index is 0.368. The first-order valence-electron chi connectivity index (χ1n) is 8.22. The molecule has 0 saturated heterocycles. The molecule has 1 saturated carbocycles. The normalized spacial score (nSPS) is 31.0. The fourth-order valence-corrected chi connectivity index (χ4v) is 5.10. The van der Waals surface area contributed by atoms with E-state index in [4.69, 9.17) is 4.18 Å². The molecule has 3 nitrogen and oxygen atoms in total. The number of carbonyl (C=O) groups excluding carboxylic acids is 1. The lowest BCUT2D eigenvalue weighted by atomic mass is 9.61. The van der Waals surface area contributed by atoms with E-state index in [1.807, 2.05) is 12.1 Å². The molecule has 1 aromatic rings. The first kappa shape index (κ1) is 15.1. The number of allylic oxidation sites excluding steroid dienone is 2. The minimum atomic E-state index is -1.85. The van der Waals surface area contributed by atoms with E-state index in [2.05, 4.69) is 22.4 Å². The van der Waals surface area contributed by atoms with Crippen LogP contribution in [0.15, 0.2) is 30.4 Å². The summed E-state index contributed by atoms with van der Waals surface area (Å²) in [6.45, 7) is 0. The average molecular weight is 334 g/mol. The Morgan fingerprint density at radius 2 is 2.13 bits per heavy atom. The van der Waals surface area contributed by atoms with Gasteiger partial charge in [-0.3, -0.25) is 0 Å². The summed E-state index contributed by atoms with van der Waals surface area (Å²) in [5.41, 5.74) is 2.77. The number of hydrogen-bond donors (Lipinski definition) is 0. The van der Waals surface area contributed by atoms with Gasteiger partial charge in [0, 0.05) is 0 Å². The molecule has 0 spiro atoms. The molecule has 0 amide bonds. The molecule has 4 unspecified atom stereocenters. The summed E-state index contributed by atoms with van der Waals surface area (Å²) in [6, 6.07) is 6.03. The van der Waals surface area contributed by atoms with Crippen molar-refractivity contribution in [3.05, 3.63) is 41.5 Å². The summed E-state index contributed by atoms with van der Waals surface area (Å²) < 4.78 is 21.3. The van der Waals surface area contributed by atoms with Gasteiger partial charge in [-0.15, -0.1) is 4.39 Å². The molecule has 122 valence electrons. The van der Waals surface area contributed by atoms with Crippen molar-refractivity contribution in [3.8, 4) is 5.75 Å². The van der Waals surface area contributed by atoms with Gasteiger partial charge in [-0.1, -0.05) is 18.2 Å². The molecular formula is C18H19FO3S. The van der Waals surface area contributed by atoms with Gasteiger partial charge < -0.3 is 8.37 Å². The highest BCUT2D eigenvalue weighted by Gasteiger charge is 2.42. The van der Waals surface area contributed by atoms with Gasteiger partial charge in [-0.05, 0) is 79.0 Å². The first-order chi connectivity index (χ1) is 11.2. The van der Waals surface area contributed by atoms with Crippen molar-refractivity contribution in [2.45, 2.75) is 38.0 Å². The van der Waals surface area contributed by atoms with Gasteiger partial charge >= 0.3 is 6.22 Å². The van der Waals surface area contributed by atoms with E-state index in [1.165, 1.54) is 36.8 Å². The largest absolute Gasteiger partial charge is 0.510 e. The van der Waals surface area contributed by atoms with Crippen molar-refractivity contribution in [1.29, 1.82) is 0 Å². The number of benzene rings is 1. The molecule has 0 radical (unpaired) electrons. The zero-order valence-electron chi connectivity index (χ0n) is 12.7. The third kappa shape index (κ3) is 2.87. The number of carbonyl (C=O) groups is 1. The molecule has 3 aliphatic rings. The minimum Gasteiger partial charge on any atom is -0.391 e. The zero-order valence-corrected chi connectivity index (χ0v) is 13.6. The summed E-state index contributed by atoms with van der Waals surface area (Å²) in [7, 11) is 0. The molecule has 1 fully saturated rings. The van der Waals surface area contributed by atoms with Crippen LogP contribution in [-0.4, -0.2) is 6.22 Å². The fraction of sp³-hybridized carbons (Fsp3) is 0.500. The van der Waals surface area contributed by atoms with Crippen LogP contribution in [0, 0.1) is 17.8 Å². The van der Waals surface area contributed by atoms with Crippen LogP contribution < -0.4 is 4.18 Å². The van der Waals surface area contributed by atoms with Crippen LogP contribution in [0.4, 0.5) is 9.18 Å². The predicted octanol–water partition coefficient (Wildman–Crippen LogP) is 5.37. The van der Waals surface area contributed by atoms with Crippen molar-refractivity contribution in [1.82, 2.24) is 0 Å². The highest BCUT2D eigenvalue weighted by atomic mass is 32.2. The Balaban J connectivity index is 1.50. The number of fused-ring (bicyclic) bond motifs is 5. The molecular weight excluding hydrogens is 315 g/mol. The third-order valence-electron chi connectivity index (χ3n) is 5.71. The SMILES string of the molecule is O=C(F)OSOc1ccc2c(c1)CCC1C2CCC2C=CCC21. The molecule has 0 bridgehead atoms. The Bertz CT molecular complexity index is 645. The maximum absolute atomic E-state index is 12.0. The number of hydrogen-bond acceptors (Lipinski definition) is 4. The average Bonchev–Trinajstić information content (AvgIpc) is 3.02. The second kappa shape index (κ2) is 6.19. The lowest BCUT2D eigenvalue weighted by Gasteiger charge is -2.44. The molecule has 0 heterocycles. The van der Waals surface area contributed by atoms with Crippen LogP contribution in [0.25, 0.3) is 0 Å². The Kier molecular flexibility index (Phi) is 4.05. The van der Waals surface area contributed by atoms with E-state index >= 15 is 0 Å². The van der Waals surface area contributed by atoms with Crippen molar-refractivity contribution in [2.75, 3.05) is 0 Å². The second-order valence-electron chi connectivity index (χ2n) is 6.71. The predicted molar refractivity (Wildman–Crippen MR) is 86.8 cm³/mol. The summed E-state index contributed by atoms with van der Waals surface area (Å²) >= 11 is 0.368. The van der Waals surface area contributed by atoms with Crippen LogP contribution in [0.1, 0.15) is 42.7 Å². The van der Waals surface area contributed by atoms with E-state index in [-0.39, 0.29) is 0 Å². The van der Waals surface area contributed by atoms with Crippen LogP contribution in [0.3, 0.4) is 0 Å². The third-order valence-corrected chi connectivity index (χ3v) is 6.17. The Morgan fingerprint density at radius 1 is 1.22 bits per heavy atom. The lowest BCUT2D eigenvalue weighted by molar-refractivity contribution is 0.150. The summed E-state index contributed by atoms with van der Waals surface area (Å²) in [6.07, 6.45) is 9.04. The highest BCUT2D eigenvalue weighted by Crippen LogP contribution is 2.53. The highest BCUT2D eigenvalue weighted by molar-refractivity contribution is 7.90. The van der Waals surface area contributed by atoms with Crippen molar-refractivity contribution in [3.63, 3.8) is 0 Å². The van der Waals surface area contributed by atoms with E-state index < -0.39 is 6.22 Å². The number of aryl methyl sites for hydroxylation is 1. The fourth-order valence-electron chi connectivity index (χ4n) is 4.83. The summed E-state index contributed by atoms with van der Waals surface area (Å²) in [5.74, 6) is 3.68. The van der Waals surface area contributed by atoms with Gasteiger partial charge in [0.1, 0.15) is 5.75 Å². The van der Waals surface area contributed by atoms with Crippen LogP contribution in [0.2, 0.25) is 0 Å². The van der Waals surface area contributed by atoms with E-state index in [9.17, 15) is 9.18 Å². The number of rotatable bonds is 3. The van der Waals surface area contributed by atoms with Crippen molar-refractivity contribution >= 4 is 18.5 Å². The maximum atomic E-state index is 12.0. The van der Waals surface area contributed by atoms with Gasteiger partial charge in [0.15, 0.2) is 0 Å². The summed E-state index contributed by atoms with van der Waals surface area (Å²) in [4.78, 5) is 10.1. The van der Waals surface area contributed by atoms with E-state index in [0.717, 1.165) is 24.2 Å². The standard InChI is InChI=1S/C18H19FO3S/c19-18(20)22-23-21-13-6-9-15-12(10-13)5-8-16-14-3-1-2-11(14)4-7-17(15)16/h1-2,6,9-11,14,16-17H,3-5,7-8H2. The maximum Gasteiger partial charge on any atom is 0.510 e. The molecule has 0 N–H and O–H groups in total. The Labute approximate surface area is 139 Å². The quantitative estimate of drug-likeness (QED) is 0.423. The van der Waals surface area contributed by atoms with Gasteiger partial charge in [0.25, 0.3) is 12.3 Å². The van der Waals surface area contributed by atoms with Gasteiger partial charge in [0.2, 0.25) is 0 Å². The molecule has 3 aliphatic carbocycles. The van der Waals surface area contributed by atoms with Crippen LogP contribution >= 0.6 is 12.3 Å². The molecule has 4 atom stereocenters. The van der Waals surface area contributed by atoms with E-state index in [0.29, 0.717) is 24.0 Å². The van der Waals surface area contributed by atoms with Gasteiger partial charge in [0.05, 0.1) is 0 Å². The van der Waals surface area contributed by atoms with Crippen molar-refractivity contribution < 1.29 is 17.6 Å². The molecule has 0 aliphatic heterocycles. The summed E-state index contributed by atoms with van der Waals surface area (Å²) in [5, 5.41) is 0. The zero-order chi connectivity index (χ0) is 15.8. The van der Waals surface area contributed by atoms with E-state index in [1.54, 1.807) is 0 Å². The molecule has 4 rings (SSSR count). The van der Waals surface area contributed by atoms with Gasteiger partial charge in [-0.2, -0.15) is 0 Å².